The number of nitrogens with one attached hydrogen (secondary N) is 1. The summed E-state index contributed by atoms with van der Waals surface area (Å²) in [4.78, 5) is 20.3. The first-order valence-electron chi connectivity index (χ1n) is 12.0. The van der Waals surface area contributed by atoms with Crippen LogP contribution in [0.4, 0.5) is 17.2 Å². The number of anilines is 3. The number of aromatic nitrogens is 1. The van der Waals surface area contributed by atoms with Crippen LogP contribution in [0.15, 0.2) is 36.5 Å². The number of pyridine rings is 1. The van der Waals surface area contributed by atoms with Gasteiger partial charge in [-0.2, -0.15) is 0 Å². The molecule has 1 aromatic heterocycles. The van der Waals surface area contributed by atoms with E-state index in [4.69, 9.17) is 9.47 Å². The second kappa shape index (κ2) is 9.59. The van der Waals surface area contributed by atoms with E-state index >= 15 is 0 Å². The largest absolute Gasteiger partial charge is 0.381 e. The highest BCUT2D eigenvalue weighted by atomic mass is 16.5. The number of methoxy groups -OCH3 is 1. The van der Waals surface area contributed by atoms with Gasteiger partial charge in [-0.25, -0.2) is 4.98 Å². The zero-order valence-electron chi connectivity index (χ0n) is 18.9. The number of nitrogens with zero attached hydrogens (tertiary/aromatic N) is 2. The Hall–Kier alpha value is -2.44. The highest BCUT2D eigenvalue weighted by molar-refractivity contribution is 5.99. The van der Waals surface area contributed by atoms with E-state index in [1.807, 2.05) is 11.0 Å². The number of hydrogen-bond donors (Lipinski definition) is 1. The predicted octanol–water partition coefficient (Wildman–Crippen LogP) is 4.85. The average Bonchev–Trinajstić information content (AvgIpc) is 3.01. The average molecular weight is 436 g/mol. The summed E-state index contributed by atoms with van der Waals surface area (Å²) in [6, 6.07) is 10.5. The van der Waals surface area contributed by atoms with Gasteiger partial charge < -0.3 is 19.7 Å². The topological polar surface area (TPSA) is 63.7 Å². The van der Waals surface area contributed by atoms with Gasteiger partial charge in [0, 0.05) is 38.0 Å². The molecular formula is C26H33N3O3. The summed E-state index contributed by atoms with van der Waals surface area (Å²) >= 11 is 0. The minimum Gasteiger partial charge on any atom is -0.381 e. The van der Waals surface area contributed by atoms with E-state index in [0.717, 1.165) is 80.9 Å². The Balaban J connectivity index is 1.44. The van der Waals surface area contributed by atoms with Crippen molar-refractivity contribution < 1.29 is 14.3 Å². The monoisotopic (exact) mass is 435 g/mol. The Morgan fingerprint density at radius 3 is 2.75 bits per heavy atom. The summed E-state index contributed by atoms with van der Waals surface area (Å²) in [5.74, 6) is 1.76. The third-order valence-electron chi connectivity index (χ3n) is 7.31. The van der Waals surface area contributed by atoms with Crippen molar-refractivity contribution in [3.63, 3.8) is 0 Å². The third kappa shape index (κ3) is 4.52. The number of benzene rings is 1. The maximum atomic E-state index is 13.8. The van der Waals surface area contributed by atoms with Crippen LogP contribution in [-0.4, -0.2) is 37.3 Å². The Bertz CT molecular complexity index is 949. The van der Waals surface area contributed by atoms with E-state index in [9.17, 15) is 4.79 Å². The van der Waals surface area contributed by atoms with Crippen molar-refractivity contribution in [2.75, 3.05) is 30.5 Å². The first-order chi connectivity index (χ1) is 15.7. The number of carbonyl (C=O) groups excluding carboxylic acids is 1. The summed E-state index contributed by atoms with van der Waals surface area (Å²) in [5.41, 5.74) is 4.27. The number of fused-ring (bicyclic) bond motifs is 2. The Labute approximate surface area is 190 Å². The van der Waals surface area contributed by atoms with Gasteiger partial charge in [0.1, 0.15) is 5.82 Å². The lowest BCUT2D eigenvalue weighted by Crippen LogP contribution is -2.38. The molecule has 2 aromatic rings. The lowest BCUT2D eigenvalue weighted by Gasteiger charge is -2.32. The van der Waals surface area contributed by atoms with Crippen LogP contribution in [0.2, 0.25) is 0 Å². The van der Waals surface area contributed by atoms with E-state index in [0.29, 0.717) is 12.5 Å². The fraction of sp³-hybridized carbons (Fsp3) is 0.538. The third-order valence-corrected chi connectivity index (χ3v) is 7.31. The minimum absolute atomic E-state index is 0.0478. The zero-order valence-corrected chi connectivity index (χ0v) is 18.9. The fourth-order valence-electron chi connectivity index (χ4n) is 5.34. The van der Waals surface area contributed by atoms with E-state index in [1.54, 1.807) is 13.3 Å². The van der Waals surface area contributed by atoms with Crippen molar-refractivity contribution in [3.05, 3.63) is 47.7 Å². The molecule has 1 N–H and O–H groups in total. The van der Waals surface area contributed by atoms with Crippen LogP contribution >= 0.6 is 0 Å². The molecule has 0 radical (unpaired) electrons. The molecule has 6 heteroatoms. The molecular weight excluding hydrogens is 402 g/mol. The van der Waals surface area contributed by atoms with Gasteiger partial charge in [-0.1, -0.05) is 12.1 Å². The molecule has 1 amide bonds. The van der Waals surface area contributed by atoms with E-state index in [2.05, 4.69) is 34.6 Å². The van der Waals surface area contributed by atoms with Gasteiger partial charge in [0.2, 0.25) is 5.91 Å². The fourth-order valence-corrected chi connectivity index (χ4v) is 5.34. The molecule has 6 nitrogen and oxygen atoms in total. The number of hydrogen-bond acceptors (Lipinski definition) is 5. The van der Waals surface area contributed by atoms with Crippen LogP contribution < -0.4 is 10.2 Å². The summed E-state index contributed by atoms with van der Waals surface area (Å²) in [7, 11) is 1.77. The van der Waals surface area contributed by atoms with Crippen LogP contribution in [0, 0.1) is 11.8 Å². The molecule has 2 fully saturated rings. The maximum Gasteiger partial charge on any atom is 0.230 e. The zero-order chi connectivity index (χ0) is 21.9. The molecule has 5 rings (SSSR count). The number of rotatable bonds is 4. The molecule has 3 heterocycles. The quantitative estimate of drug-likeness (QED) is 0.744. The van der Waals surface area contributed by atoms with Gasteiger partial charge in [-0.15, -0.1) is 0 Å². The molecule has 0 atom stereocenters. The number of carbonyl (C=O) groups is 1. The lowest BCUT2D eigenvalue weighted by atomic mass is 9.86. The van der Waals surface area contributed by atoms with Crippen LogP contribution in [0.1, 0.15) is 49.7 Å². The van der Waals surface area contributed by atoms with Crippen LogP contribution in [0.5, 0.6) is 0 Å². The second-order valence-electron chi connectivity index (χ2n) is 9.38. The molecule has 1 aromatic carbocycles. The first-order valence-corrected chi connectivity index (χ1v) is 12.0. The predicted molar refractivity (Wildman–Crippen MR) is 125 cm³/mol. The van der Waals surface area contributed by atoms with Gasteiger partial charge in [0.25, 0.3) is 0 Å². The van der Waals surface area contributed by atoms with E-state index < -0.39 is 0 Å². The molecule has 170 valence electrons. The number of ether oxygens (including phenoxy) is 2. The van der Waals surface area contributed by atoms with Gasteiger partial charge in [0.05, 0.1) is 24.0 Å². The standard InChI is InChI=1S/C26H33N3O3/c1-31-22-7-5-20(6-8-22)26(30)29-17-21-3-2-12-27-25(21)28-23-9-4-19(16-24(23)29)15-18-10-13-32-14-11-18/h2-4,9,12,16,18,20,22H,5-8,10-11,13-15,17H2,1H3,(H,27,28). The minimum atomic E-state index is 0.0478. The smallest absolute Gasteiger partial charge is 0.230 e. The van der Waals surface area contributed by atoms with Crippen molar-refractivity contribution >= 4 is 23.1 Å². The van der Waals surface area contributed by atoms with E-state index in [1.165, 1.54) is 5.56 Å². The number of amides is 1. The first kappa shape index (κ1) is 21.4. The normalized spacial score (nSPS) is 23.6. The molecule has 0 spiro atoms. The second-order valence-corrected chi connectivity index (χ2v) is 9.38. The van der Waals surface area contributed by atoms with Crippen LogP contribution in [-0.2, 0) is 27.2 Å². The maximum absolute atomic E-state index is 13.8. The molecule has 1 aliphatic carbocycles. The Morgan fingerprint density at radius 1 is 1.16 bits per heavy atom. The SMILES string of the molecule is COC1CCC(C(=O)N2Cc3cccnc3Nc3ccc(CC4CCOCC4)cc32)CC1. The summed E-state index contributed by atoms with van der Waals surface area (Å²) in [6.07, 6.45) is 9.01. The van der Waals surface area contributed by atoms with Gasteiger partial charge >= 0.3 is 0 Å². The summed E-state index contributed by atoms with van der Waals surface area (Å²) in [5, 5.41) is 3.49. The molecule has 3 aliphatic rings. The molecule has 0 bridgehead atoms. The van der Waals surface area contributed by atoms with Crippen molar-refractivity contribution in [2.24, 2.45) is 11.8 Å². The molecule has 0 unspecified atom stereocenters. The summed E-state index contributed by atoms with van der Waals surface area (Å²) < 4.78 is 11.1. The molecule has 2 aliphatic heterocycles. The van der Waals surface area contributed by atoms with Crippen molar-refractivity contribution in [1.29, 1.82) is 0 Å². The molecule has 1 saturated heterocycles. The molecule has 32 heavy (non-hydrogen) atoms. The van der Waals surface area contributed by atoms with Crippen molar-refractivity contribution in [2.45, 2.75) is 57.6 Å². The van der Waals surface area contributed by atoms with Crippen LogP contribution in [0.25, 0.3) is 0 Å². The highest BCUT2D eigenvalue weighted by Crippen LogP contribution is 2.39. The molecule has 1 saturated carbocycles. The summed E-state index contributed by atoms with van der Waals surface area (Å²) in [6.45, 7) is 2.26. The van der Waals surface area contributed by atoms with Gasteiger partial charge in [-0.3, -0.25) is 4.79 Å². The van der Waals surface area contributed by atoms with Crippen molar-refractivity contribution in [1.82, 2.24) is 4.98 Å². The van der Waals surface area contributed by atoms with Gasteiger partial charge in [-0.05, 0) is 74.6 Å². The highest BCUT2D eigenvalue weighted by Gasteiger charge is 2.33. The van der Waals surface area contributed by atoms with Crippen molar-refractivity contribution in [3.8, 4) is 0 Å². The Kier molecular flexibility index (Phi) is 6.42. The van der Waals surface area contributed by atoms with E-state index in [-0.39, 0.29) is 17.9 Å². The van der Waals surface area contributed by atoms with Crippen LogP contribution in [0.3, 0.4) is 0 Å². The van der Waals surface area contributed by atoms with Gasteiger partial charge in [0.15, 0.2) is 0 Å². The lowest BCUT2D eigenvalue weighted by molar-refractivity contribution is -0.124. The Morgan fingerprint density at radius 2 is 1.97 bits per heavy atom.